The summed E-state index contributed by atoms with van der Waals surface area (Å²) in [7, 11) is 3.21. The molecule has 192 valence electrons. The number of nitrogens with zero attached hydrogens (tertiary/aromatic N) is 3. The van der Waals surface area contributed by atoms with Gasteiger partial charge in [-0.2, -0.15) is 0 Å². The molecule has 35 heavy (non-hydrogen) atoms. The number of urea groups is 1. The number of imide groups is 1. The van der Waals surface area contributed by atoms with E-state index in [0.29, 0.717) is 36.5 Å². The fourth-order valence-corrected chi connectivity index (χ4v) is 5.72. The van der Waals surface area contributed by atoms with E-state index in [9.17, 15) is 14.4 Å². The van der Waals surface area contributed by atoms with Gasteiger partial charge in [0.1, 0.15) is 11.8 Å². The first-order valence-electron chi connectivity index (χ1n) is 12.8. The van der Waals surface area contributed by atoms with Crippen molar-refractivity contribution in [2.24, 2.45) is 5.92 Å². The molecule has 3 saturated heterocycles. The highest BCUT2D eigenvalue weighted by molar-refractivity contribution is 6.21. The molecule has 0 saturated carbocycles. The fraction of sp³-hybridized carbons (Fsp3) is 0.654. The number of nitrogens with one attached hydrogen (secondary N) is 1. The van der Waals surface area contributed by atoms with Crippen LogP contribution in [0, 0.1) is 5.92 Å². The standard InChI is InChI=1S/C26H38N4O5/c1-34-17-16-29(18-19-6-5-15-28-14-4-3-7-23(19)28)24(31)13-12-22-25(32)30(26(33)27-22)20-8-10-21(35-2)11-9-20/h8-11,19,22-23H,3-7,12-18H2,1-2H3,(H,27,33). The van der Waals surface area contributed by atoms with Crippen LogP contribution in [0.5, 0.6) is 5.75 Å². The second-order valence-electron chi connectivity index (χ2n) is 9.75. The molecule has 3 fully saturated rings. The molecule has 1 N–H and O–H groups in total. The number of hydrogen-bond acceptors (Lipinski definition) is 6. The third-order valence-corrected chi connectivity index (χ3v) is 7.60. The first-order valence-corrected chi connectivity index (χ1v) is 12.8. The maximum atomic E-state index is 13.3. The third-order valence-electron chi connectivity index (χ3n) is 7.60. The van der Waals surface area contributed by atoms with Crippen LogP contribution in [0.2, 0.25) is 0 Å². The molecule has 0 aliphatic carbocycles. The first-order chi connectivity index (χ1) is 17.0. The van der Waals surface area contributed by atoms with Crippen molar-refractivity contribution in [1.82, 2.24) is 15.1 Å². The number of hydrogen-bond donors (Lipinski definition) is 1. The van der Waals surface area contributed by atoms with Crippen molar-refractivity contribution in [2.45, 2.75) is 57.0 Å². The van der Waals surface area contributed by atoms with Crippen molar-refractivity contribution >= 4 is 23.5 Å². The number of anilines is 1. The van der Waals surface area contributed by atoms with Crippen LogP contribution in [0.4, 0.5) is 10.5 Å². The van der Waals surface area contributed by atoms with Gasteiger partial charge in [0.25, 0.3) is 5.91 Å². The van der Waals surface area contributed by atoms with E-state index in [0.717, 1.165) is 17.9 Å². The topological polar surface area (TPSA) is 91.4 Å². The number of carbonyl (C=O) groups is 3. The van der Waals surface area contributed by atoms with Gasteiger partial charge in [0.05, 0.1) is 19.4 Å². The van der Waals surface area contributed by atoms with Gasteiger partial charge >= 0.3 is 6.03 Å². The molecule has 9 nitrogen and oxygen atoms in total. The van der Waals surface area contributed by atoms with Crippen LogP contribution in [0.1, 0.15) is 44.9 Å². The maximum absolute atomic E-state index is 13.3. The van der Waals surface area contributed by atoms with Crippen LogP contribution in [0.25, 0.3) is 0 Å². The molecular weight excluding hydrogens is 448 g/mol. The van der Waals surface area contributed by atoms with Gasteiger partial charge in [0.2, 0.25) is 5.91 Å². The van der Waals surface area contributed by atoms with Gasteiger partial charge in [-0.1, -0.05) is 6.42 Å². The molecule has 3 heterocycles. The molecule has 3 unspecified atom stereocenters. The molecule has 0 radical (unpaired) electrons. The van der Waals surface area contributed by atoms with Crippen molar-refractivity contribution < 1.29 is 23.9 Å². The molecule has 1 aromatic rings. The summed E-state index contributed by atoms with van der Waals surface area (Å²) in [6.45, 7) is 4.09. The molecule has 3 atom stereocenters. The summed E-state index contributed by atoms with van der Waals surface area (Å²) in [5.74, 6) is 0.804. The summed E-state index contributed by atoms with van der Waals surface area (Å²) < 4.78 is 10.4. The normalized spacial score (nSPS) is 24.7. The predicted octanol–water partition coefficient (Wildman–Crippen LogP) is 2.64. The van der Waals surface area contributed by atoms with Crippen molar-refractivity contribution in [1.29, 1.82) is 0 Å². The molecule has 4 amide bonds. The Morgan fingerprint density at radius 2 is 1.86 bits per heavy atom. The van der Waals surface area contributed by atoms with Crippen molar-refractivity contribution in [3.8, 4) is 5.75 Å². The van der Waals surface area contributed by atoms with Crippen LogP contribution >= 0.6 is 0 Å². The highest BCUT2D eigenvalue weighted by Crippen LogP contribution is 2.31. The largest absolute Gasteiger partial charge is 0.497 e. The minimum Gasteiger partial charge on any atom is -0.497 e. The highest BCUT2D eigenvalue weighted by Gasteiger charge is 2.39. The lowest BCUT2D eigenvalue weighted by atomic mass is 9.83. The van der Waals surface area contributed by atoms with Crippen LogP contribution < -0.4 is 15.0 Å². The van der Waals surface area contributed by atoms with Crippen molar-refractivity contribution in [3.05, 3.63) is 24.3 Å². The quantitative estimate of drug-likeness (QED) is 0.512. The van der Waals surface area contributed by atoms with Gasteiger partial charge in [-0.05, 0) is 75.4 Å². The van der Waals surface area contributed by atoms with Crippen LogP contribution in [-0.2, 0) is 14.3 Å². The van der Waals surface area contributed by atoms with Gasteiger partial charge in [-0.15, -0.1) is 0 Å². The van der Waals surface area contributed by atoms with E-state index in [1.54, 1.807) is 38.5 Å². The fourth-order valence-electron chi connectivity index (χ4n) is 5.72. The average molecular weight is 487 g/mol. The van der Waals surface area contributed by atoms with E-state index >= 15 is 0 Å². The number of benzene rings is 1. The Morgan fingerprint density at radius 1 is 1.09 bits per heavy atom. The second-order valence-corrected chi connectivity index (χ2v) is 9.75. The summed E-state index contributed by atoms with van der Waals surface area (Å²) in [6.07, 6.45) is 6.55. The lowest BCUT2D eigenvalue weighted by Crippen LogP contribution is -2.52. The zero-order chi connectivity index (χ0) is 24.8. The molecule has 0 bridgehead atoms. The number of carbonyl (C=O) groups excluding carboxylic acids is 3. The van der Waals surface area contributed by atoms with E-state index in [2.05, 4.69) is 10.2 Å². The third kappa shape index (κ3) is 5.95. The molecule has 0 aromatic heterocycles. The summed E-state index contributed by atoms with van der Waals surface area (Å²) in [5.41, 5.74) is 0.484. The molecule has 3 aliphatic heterocycles. The molecular formula is C26H38N4O5. The molecule has 9 heteroatoms. The predicted molar refractivity (Wildman–Crippen MR) is 132 cm³/mol. The lowest BCUT2D eigenvalue weighted by Gasteiger charge is -2.45. The minimum atomic E-state index is -0.707. The van der Waals surface area contributed by atoms with Gasteiger partial charge < -0.3 is 24.6 Å². The van der Waals surface area contributed by atoms with E-state index in [4.69, 9.17) is 9.47 Å². The highest BCUT2D eigenvalue weighted by atomic mass is 16.5. The van der Waals surface area contributed by atoms with Crippen LogP contribution in [0.3, 0.4) is 0 Å². The molecule has 3 aliphatic rings. The lowest BCUT2D eigenvalue weighted by molar-refractivity contribution is -0.133. The van der Waals surface area contributed by atoms with Gasteiger partial charge in [0, 0.05) is 32.7 Å². The smallest absolute Gasteiger partial charge is 0.329 e. The zero-order valence-corrected chi connectivity index (χ0v) is 20.9. The van der Waals surface area contributed by atoms with Gasteiger partial charge in [-0.3, -0.25) is 9.59 Å². The minimum absolute atomic E-state index is 0.0138. The maximum Gasteiger partial charge on any atom is 0.329 e. The Kier molecular flexibility index (Phi) is 8.62. The number of ether oxygens (including phenoxy) is 2. The SMILES string of the molecule is COCCN(CC1CCCN2CCCCC12)C(=O)CCC1NC(=O)N(c2ccc(OC)cc2)C1=O. The number of fused-ring (bicyclic) bond motifs is 1. The number of amides is 4. The van der Waals surface area contributed by atoms with Gasteiger partial charge in [-0.25, -0.2) is 9.69 Å². The van der Waals surface area contributed by atoms with Crippen LogP contribution in [-0.4, -0.2) is 86.7 Å². The van der Waals surface area contributed by atoms with E-state index < -0.39 is 12.1 Å². The van der Waals surface area contributed by atoms with E-state index in [-0.39, 0.29) is 24.7 Å². The summed E-state index contributed by atoms with van der Waals surface area (Å²) in [6, 6.07) is 6.15. The Balaban J connectivity index is 1.35. The first kappa shape index (κ1) is 25.4. The Labute approximate surface area is 207 Å². The zero-order valence-electron chi connectivity index (χ0n) is 20.9. The number of piperidine rings is 2. The molecule has 1 aromatic carbocycles. The summed E-state index contributed by atoms with van der Waals surface area (Å²) in [5, 5.41) is 2.74. The van der Waals surface area contributed by atoms with Crippen molar-refractivity contribution in [2.75, 3.05) is 51.9 Å². The van der Waals surface area contributed by atoms with Gasteiger partial charge in [0.15, 0.2) is 0 Å². The molecule has 0 spiro atoms. The number of methoxy groups -OCH3 is 2. The Morgan fingerprint density at radius 3 is 2.60 bits per heavy atom. The number of rotatable bonds is 10. The van der Waals surface area contributed by atoms with Crippen LogP contribution in [0.15, 0.2) is 24.3 Å². The second kappa shape index (κ2) is 11.9. The average Bonchev–Trinajstić information content (AvgIpc) is 3.17. The monoisotopic (exact) mass is 486 g/mol. The van der Waals surface area contributed by atoms with Crippen molar-refractivity contribution in [3.63, 3.8) is 0 Å². The summed E-state index contributed by atoms with van der Waals surface area (Å²) >= 11 is 0. The summed E-state index contributed by atoms with van der Waals surface area (Å²) in [4.78, 5) is 44.4. The van der Waals surface area contributed by atoms with E-state index in [1.165, 1.54) is 38.8 Å². The Hall–Kier alpha value is -2.65. The molecule has 4 rings (SSSR count). The Bertz CT molecular complexity index is 890. The van der Waals surface area contributed by atoms with E-state index in [1.807, 2.05) is 4.90 Å².